The van der Waals surface area contributed by atoms with Crippen molar-refractivity contribution in [2.24, 2.45) is 0 Å². The van der Waals surface area contributed by atoms with Crippen molar-refractivity contribution in [1.29, 1.82) is 0 Å². The molecule has 5 nitrogen and oxygen atoms in total. The van der Waals surface area contributed by atoms with Gasteiger partial charge in [-0.05, 0) is 19.9 Å². The Bertz CT molecular complexity index is 334. The van der Waals surface area contributed by atoms with Gasteiger partial charge >= 0.3 is 0 Å². The van der Waals surface area contributed by atoms with E-state index < -0.39 is 11.6 Å². The smallest absolute Gasteiger partial charge is 0.123 e. The molecule has 0 bridgehead atoms. The van der Waals surface area contributed by atoms with Gasteiger partial charge in [-0.25, -0.2) is 4.98 Å². The molecule has 0 aromatic carbocycles. The quantitative estimate of drug-likeness (QED) is 0.648. The molecule has 0 saturated carbocycles. The summed E-state index contributed by atoms with van der Waals surface area (Å²) in [6, 6.07) is 3.39. The molecule has 1 rings (SSSR count). The third kappa shape index (κ3) is 6.37. The normalized spacial score (nSPS) is 12.2. The standard InChI is InChI=1S/C11H19N3O2.2ClH/c1-11(2,7-15)14-6-9(16)8-3-4-10(12)13-5-8;;/h3-5,9,14-16H,6-7H2,1-2H3,(H2,12,13);2*1H/t9-;;/m0../s1. The predicted octanol–water partition coefficient (Wildman–Crippen LogP) is 0.901. The summed E-state index contributed by atoms with van der Waals surface area (Å²) in [6.45, 7) is 4.10. The van der Waals surface area contributed by atoms with Crippen molar-refractivity contribution in [3.05, 3.63) is 23.9 Å². The Morgan fingerprint density at radius 3 is 2.44 bits per heavy atom. The van der Waals surface area contributed by atoms with Gasteiger partial charge in [0.15, 0.2) is 0 Å². The molecule has 0 unspecified atom stereocenters. The number of halogens is 2. The zero-order valence-corrected chi connectivity index (χ0v) is 12.1. The molecule has 1 atom stereocenters. The number of pyridine rings is 1. The van der Waals surface area contributed by atoms with Crippen LogP contribution >= 0.6 is 24.8 Å². The van der Waals surface area contributed by atoms with E-state index in [4.69, 9.17) is 10.8 Å². The van der Waals surface area contributed by atoms with Gasteiger partial charge in [0.05, 0.1) is 12.7 Å². The lowest BCUT2D eigenvalue weighted by molar-refractivity contribution is 0.136. The van der Waals surface area contributed by atoms with Crippen molar-refractivity contribution in [3.63, 3.8) is 0 Å². The highest BCUT2D eigenvalue weighted by Gasteiger charge is 2.17. The SMILES string of the molecule is CC(C)(CO)NC[C@H](O)c1ccc(N)nc1.Cl.Cl. The fourth-order valence-corrected chi connectivity index (χ4v) is 1.16. The Morgan fingerprint density at radius 1 is 1.39 bits per heavy atom. The second kappa shape index (κ2) is 8.50. The number of nitrogens with zero attached hydrogens (tertiary/aromatic N) is 1. The minimum atomic E-state index is -0.654. The summed E-state index contributed by atoms with van der Waals surface area (Å²) in [7, 11) is 0. The van der Waals surface area contributed by atoms with Crippen LogP contribution in [0.4, 0.5) is 5.82 Å². The highest BCUT2D eigenvalue weighted by Crippen LogP contribution is 2.12. The van der Waals surface area contributed by atoms with Gasteiger partial charge in [0, 0.05) is 23.8 Å². The summed E-state index contributed by atoms with van der Waals surface area (Å²) >= 11 is 0. The maximum absolute atomic E-state index is 9.85. The summed E-state index contributed by atoms with van der Waals surface area (Å²) in [5.74, 6) is 0.430. The zero-order chi connectivity index (χ0) is 12.2. The molecule has 1 aromatic heterocycles. The van der Waals surface area contributed by atoms with Crippen molar-refractivity contribution >= 4 is 30.6 Å². The van der Waals surface area contributed by atoms with Crippen LogP contribution in [-0.4, -0.2) is 33.9 Å². The number of nitrogens with one attached hydrogen (secondary N) is 1. The van der Waals surface area contributed by atoms with Gasteiger partial charge in [-0.3, -0.25) is 0 Å². The average molecular weight is 298 g/mol. The van der Waals surface area contributed by atoms with Crippen LogP contribution in [0.1, 0.15) is 25.5 Å². The van der Waals surface area contributed by atoms with Crippen LogP contribution in [0.25, 0.3) is 0 Å². The minimum Gasteiger partial charge on any atom is -0.394 e. The van der Waals surface area contributed by atoms with Crippen molar-refractivity contribution < 1.29 is 10.2 Å². The summed E-state index contributed by atoms with van der Waals surface area (Å²) in [6.07, 6.45) is 0.895. The lowest BCUT2D eigenvalue weighted by atomic mass is 10.1. The molecule has 18 heavy (non-hydrogen) atoms. The first kappa shape index (κ1) is 19.7. The molecule has 0 aliphatic rings. The highest BCUT2D eigenvalue weighted by molar-refractivity contribution is 5.85. The van der Waals surface area contributed by atoms with Gasteiger partial charge in [-0.1, -0.05) is 6.07 Å². The number of hydrogen-bond acceptors (Lipinski definition) is 5. The second-order valence-electron chi connectivity index (χ2n) is 4.46. The van der Waals surface area contributed by atoms with Gasteiger partial charge in [-0.15, -0.1) is 24.8 Å². The number of nitrogens with two attached hydrogens (primary N) is 1. The summed E-state index contributed by atoms with van der Waals surface area (Å²) < 4.78 is 0. The predicted molar refractivity (Wildman–Crippen MR) is 77.3 cm³/mol. The van der Waals surface area contributed by atoms with Crippen LogP contribution in [-0.2, 0) is 0 Å². The Morgan fingerprint density at radius 2 is 2.00 bits per heavy atom. The Hall–Kier alpha value is -0.590. The topological polar surface area (TPSA) is 91.4 Å². The van der Waals surface area contributed by atoms with Crippen molar-refractivity contribution in [1.82, 2.24) is 10.3 Å². The lowest BCUT2D eigenvalue weighted by Crippen LogP contribution is -2.44. The summed E-state index contributed by atoms with van der Waals surface area (Å²) in [5.41, 5.74) is 5.75. The van der Waals surface area contributed by atoms with Crippen molar-refractivity contribution in [3.8, 4) is 0 Å². The molecule has 1 aromatic rings. The number of aliphatic hydroxyl groups excluding tert-OH is 2. The number of anilines is 1. The van der Waals surface area contributed by atoms with Gasteiger partial charge in [0.1, 0.15) is 5.82 Å². The molecular weight excluding hydrogens is 277 g/mol. The summed E-state index contributed by atoms with van der Waals surface area (Å²) in [5, 5.41) is 21.9. The molecule has 5 N–H and O–H groups in total. The van der Waals surface area contributed by atoms with E-state index in [0.717, 1.165) is 0 Å². The van der Waals surface area contributed by atoms with Crippen LogP contribution in [0.3, 0.4) is 0 Å². The van der Waals surface area contributed by atoms with E-state index in [9.17, 15) is 5.11 Å². The number of nitrogen functional groups attached to an aromatic ring is 1. The fourth-order valence-electron chi connectivity index (χ4n) is 1.16. The van der Waals surface area contributed by atoms with Gasteiger partial charge in [-0.2, -0.15) is 0 Å². The molecule has 0 aliphatic heterocycles. The van der Waals surface area contributed by atoms with Crippen LogP contribution in [0, 0.1) is 0 Å². The van der Waals surface area contributed by atoms with Gasteiger partial charge in [0.2, 0.25) is 0 Å². The fraction of sp³-hybridized carbons (Fsp3) is 0.545. The number of aliphatic hydroxyl groups is 2. The lowest BCUT2D eigenvalue weighted by Gasteiger charge is -2.25. The first-order valence-corrected chi connectivity index (χ1v) is 5.20. The summed E-state index contributed by atoms with van der Waals surface area (Å²) in [4.78, 5) is 3.91. The number of rotatable bonds is 5. The van der Waals surface area contributed by atoms with E-state index in [1.54, 1.807) is 18.3 Å². The van der Waals surface area contributed by atoms with Gasteiger partial charge < -0.3 is 21.3 Å². The molecule has 0 amide bonds. The van der Waals surface area contributed by atoms with Gasteiger partial charge in [0.25, 0.3) is 0 Å². The van der Waals surface area contributed by atoms with Crippen LogP contribution < -0.4 is 11.1 Å². The largest absolute Gasteiger partial charge is 0.394 e. The van der Waals surface area contributed by atoms with E-state index in [1.807, 2.05) is 13.8 Å². The van der Waals surface area contributed by atoms with E-state index in [2.05, 4.69) is 10.3 Å². The minimum absolute atomic E-state index is 0. The van der Waals surface area contributed by atoms with Crippen LogP contribution in [0.15, 0.2) is 18.3 Å². The third-order valence-electron chi connectivity index (χ3n) is 2.36. The van der Waals surface area contributed by atoms with Crippen molar-refractivity contribution in [2.45, 2.75) is 25.5 Å². The molecule has 106 valence electrons. The molecule has 0 radical (unpaired) electrons. The molecule has 0 aliphatic carbocycles. The monoisotopic (exact) mass is 297 g/mol. The first-order valence-electron chi connectivity index (χ1n) is 5.20. The molecule has 7 heteroatoms. The molecule has 1 heterocycles. The molecule has 0 spiro atoms. The zero-order valence-electron chi connectivity index (χ0n) is 10.5. The first-order chi connectivity index (χ1) is 7.44. The Labute approximate surface area is 120 Å². The van der Waals surface area contributed by atoms with E-state index in [-0.39, 0.29) is 31.4 Å². The number of hydrogen-bond donors (Lipinski definition) is 4. The van der Waals surface area contributed by atoms with E-state index >= 15 is 0 Å². The maximum Gasteiger partial charge on any atom is 0.123 e. The van der Waals surface area contributed by atoms with E-state index in [1.165, 1.54) is 0 Å². The number of β-amino-alcohol motifs (C(OH)–C–C–N with tert-alkyl or cyclic N) is 1. The third-order valence-corrected chi connectivity index (χ3v) is 2.36. The maximum atomic E-state index is 9.85. The van der Waals surface area contributed by atoms with Crippen molar-refractivity contribution in [2.75, 3.05) is 18.9 Å². The molecular formula is C11H21Cl2N3O2. The Balaban J connectivity index is 0. The Kier molecular flexibility index (Phi) is 9.32. The second-order valence-corrected chi connectivity index (χ2v) is 4.46. The average Bonchev–Trinajstić information content (AvgIpc) is 2.27. The van der Waals surface area contributed by atoms with Crippen LogP contribution in [0.5, 0.6) is 0 Å². The highest BCUT2D eigenvalue weighted by atomic mass is 35.5. The molecule has 0 fully saturated rings. The van der Waals surface area contributed by atoms with E-state index in [0.29, 0.717) is 17.9 Å². The van der Waals surface area contributed by atoms with Crippen LogP contribution in [0.2, 0.25) is 0 Å². The molecule has 0 saturated heterocycles. The number of aromatic nitrogens is 1.